The molecule has 1 atom stereocenters. The molecular formula is C17H21FN2O2S. The number of carbonyl (C=O) groups is 1. The van der Waals surface area contributed by atoms with Crippen molar-refractivity contribution < 1.29 is 13.9 Å². The Labute approximate surface area is 139 Å². The van der Waals surface area contributed by atoms with Crippen molar-refractivity contribution in [1.82, 2.24) is 9.88 Å². The lowest BCUT2D eigenvalue weighted by atomic mass is 9.92. The number of carbonyl (C=O) groups excluding carboxylic acids is 1. The number of aryl methyl sites for hydroxylation is 1. The van der Waals surface area contributed by atoms with Crippen molar-refractivity contribution in [2.24, 2.45) is 0 Å². The van der Waals surface area contributed by atoms with Gasteiger partial charge in [0.1, 0.15) is 0 Å². The topological polar surface area (TPSA) is 42.4 Å². The van der Waals surface area contributed by atoms with Crippen LogP contribution in [0.4, 0.5) is 4.39 Å². The molecule has 0 aromatic carbocycles. The average molecular weight is 336 g/mol. The minimum atomic E-state index is -1.53. The van der Waals surface area contributed by atoms with Crippen molar-refractivity contribution in [1.29, 1.82) is 0 Å². The third-order valence-electron chi connectivity index (χ3n) is 4.91. The number of hydrogen-bond acceptors (Lipinski definition) is 4. The number of rotatable bonds is 4. The van der Waals surface area contributed by atoms with Crippen molar-refractivity contribution in [3.63, 3.8) is 0 Å². The summed E-state index contributed by atoms with van der Waals surface area (Å²) in [7, 11) is 0. The second kappa shape index (κ2) is 5.45. The van der Waals surface area contributed by atoms with Gasteiger partial charge in [-0.25, -0.2) is 4.39 Å². The lowest BCUT2D eigenvalue weighted by Crippen LogP contribution is -2.62. The normalized spacial score (nSPS) is 27.0. The molecule has 3 heterocycles. The van der Waals surface area contributed by atoms with Gasteiger partial charge >= 0.3 is 0 Å². The minimum absolute atomic E-state index is 0.0889. The second-order valence-electron chi connectivity index (χ2n) is 7.03. The third-order valence-corrected chi connectivity index (χ3v) is 6.48. The maximum atomic E-state index is 13.8. The van der Waals surface area contributed by atoms with Gasteiger partial charge in [-0.1, -0.05) is 6.07 Å². The van der Waals surface area contributed by atoms with Crippen LogP contribution in [0.5, 0.6) is 0 Å². The van der Waals surface area contributed by atoms with Crippen LogP contribution in [0.25, 0.3) is 0 Å². The first-order valence-corrected chi connectivity index (χ1v) is 9.13. The average Bonchev–Trinajstić information content (AvgIpc) is 3.10. The lowest BCUT2D eigenvalue weighted by Gasteiger charge is -2.48. The Morgan fingerprint density at radius 1 is 1.48 bits per heavy atom. The second-order valence-corrected chi connectivity index (χ2v) is 8.52. The largest absolute Gasteiger partial charge is 0.371 e. The molecule has 2 aliphatic heterocycles. The molecule has 4 nitrogen and oxygen atoms in total. The highest BCUT2D eigenvalue weighted by Crippen LogP contribution is 2.49. The molecule has 2 saturated heterocycles. The number of ether oxygens (including phenoxy) is 1. The molecule has 1 saturated carbocycles. The van der Waals surface area contributed by atoms with E-state index in [4.69, 9.17) is 4.74 Å². The number of hydrogen-bond donors (Lipinski definition) is 0. The van der Waals surface area contributed by atoms with Crippen LogP contribution in [0.1, 0.15) is 30.7 Å². The van der Waals surface area contributed by atoms with Crippen LogP contribution < -0.4 is 0 Å². The van der Waals surface area contributed by atoms with Gasteiger partial charge in [0.25, 0.3) is 5.91 Å². The van der Waals surface area contributed by atoms with Gasteiger partial charge in [0, 0.05) is 24.5 Å². The predicted octanol–water partition coefficient (Wildman–Crippen LogP) is 2.50. The molecule has 0 bridgehead atoms. The van der Waals surface area contributed by atoms with E-state index in [9.17, 15) is 9.18 Å². The van der Waals surface area contributed by atoms with E-state index in [1.165, 1.54) is 0 Å². The number of halogens is 1. The van der Waals surface area contributed by atoms with E-state index >= 15 is 0 Å². The van der Waals surface area contributed by atoms with Crippen LogP contribution in [0.15, 0.2) is 18.2 Å². The first-order valence-electron chi connectivity index (χ1n) is 8.15. The van der Waals surface area contributed by atoms with Gasteiger partial charge in [-0.3, -0.25) is 9.78 Å². The monoisotopic (exact) mass is 336 g/mol. The number of thioether (sulfide) groups is 1. The van der Waals surface area contributed by atoms with E-state index in [0.29, 0.717) is 32.5 Å². The maximum absolute atomic E-state index is 13.8. The first-order chi connectivity index (χ1) is 11.0. The SMILES string of the molecule is Cc1cccc(COC2CSC3(C2)CN(C(=O)C2(F)CC2)C3)n1. The molecule has 124 valence electrons. The summed E-state index contributed by atoms with van der Waals surface area (Å²) in [6.45, 7) is 3.84. The summed E-state index contributed by atoms with van der Waals surface area (Å²) >= 11 is 1.87. The van der Waals surface area contributed by atoms with E-state index in [-0.39, 0.29) is 16.8 Å². The van der Waals surface area contributed by atoms with Crippen LogP contribution in [-0.4, -0.2) is 51.2 Å². The molecule has 1 spiro atoms. The minimum Gasteiger partial charge on any atom is -0.371 e. The van der Waals surface area contributed by atoms with Gasteiger partial charge in [0.2, 0.25) is 0 Å². The van der Waals surface area contributed by atoms with Gasteiger partial charge < -0.3 is 9.64 Å². The van der Waals surface area contributed by atoms with Crippen molar-refractivity contribution in [3.8, 4) is 0 Å². The van der Waals surface area contributed by atoms with Crippen molar-refractivity contribution in [2.75, 3.05) is 18.8 Å². The summed E-state index contributed by atoms with van der Waals surface area (Å²) in [5, 5.41) is 0. The molecule has 1 aromatic heterocycles. The molecule has 23 heavy (non-hydrogen) atoms. The zero-order valence-corrected chi connectivity index (χ0v) is 14.1. The smallest absolute Gasteiger partial charge is 0.260 e. The van der Waals surface area contributed by atoms with Gasteiger partial charge in [-0.2, -0.15) is 0 Å². The summed E-state index contributed by atoms with van der Waals surface area (Å²) in [5.41, 5.74) is 0.420. The summed E-state index contributed by atoms with van der Waals surface area (Å²) in [6, 6.07) is 5.94. The summed E-state index contributed by atoms with van der Waals surface area (Å²) in [5.74, 6) is 0.645. The van der Waals surface area contributed by atoms with Gasteiger partial charge in [-0.05, 0) is 38.3 Å². The summed E-state index contributed by atoms with van der Waals surface area (Å²) in [6.07, 6.45) is 1.93. The molecule has 1 aromatic rings. The molecule has 3 fully saturated rings. The molecule has 1 amide bonds. The quantitative estimate of drug-likeness (QED) is 0.847. The molecule has 0 N–H and O–H groups in total. The summed E-state index contributed by atoms with van der Waals surface area (Å²) < 4.78 is 19.9. The van der Waals surface area contributed by atoms with E-state index < -0.39 is 5.67 Å². The fraction of sp³-hybridized carbons (Fsp3) is 0.647. The molecule has 0 radical (unpaired) electrons. The number of likely N-dealkylation sites (tertiary alicyclic amines) is 1. The van der Waals surface area contributed by atoms with E-state index in [1.807, 2.05) is 36.9 Å². The molecule has 3 aliphatic rings. The number of pyridine rings is 1. The highest BCUT2D eigenvalue weighted by atomic mass is 32.2. The molecule has 4 rings (SSSR count). The molecule has 6 heteroatoms. The highest BCUT2D eigenvalue weighted by Gasteiger charge is 2.58. The van der Waals surface area contributed by atoms with Crippen LogP contribution in [0.3, 0.4) is 0 Å². The Bertz CT molecular complexity index is 629. The Kier molecular flexibility index (Phi) is 3.65. The highest BCUT2D eigenvalue weighted by molar-refractivity contribution is 8.01. The molecule has 1 unspecified atom stereocenters. The summed E-state index contributed by atoms with van der Waals surface area (Å²) in [4.78, 5) is 18.1. The number of aromatic nitrogens is 1. The Balaban J connectivity index is 1.26. The Hall–Kier alpha value is -1.14. The van der Waals surface area contributed by atoms with E-state index in [1.54, 1.807) is 4.90 Å². The molecule has 1 aliphatic carbocycles. The van der Waals surface area contributed by atoms with Crippen LogP contribution >= 0.6 is 11.8 Å². The van der Waals surface area contributed by atoms with Crippen molar-refractivity contribution in [2.45, 2.75) is 49.3 Å². The van der Waals surface area contributed by atoms with Crippen LogP contribution in [0.2, 0.25) is 0 Å². The Morgan fingerprint density at radius 3 is 2.96 bits per heavy atom. The third kappa shape index (κ3) is 2.98. The van der Waals surface area contributed by atoms with Crippen LogP contribution in [-0.2, 0) is 16.1 Å². The van der Waals surface area contributed by atoms with Crippen molar-refractivity contribution >= 4 is 17.7 Å². The number of alkyl halides is 1. The van der Waals surface area contributed by atoms with Gasteiger partial charge in [0.05, 0.1) is 23.2 Å². The standard InChI is InChI=1S/C17H21FN2O2S/c1-12-3-2-4-13(19-12)8-22-14-7-16(23-9-14)10-20(11-16)15(21)17(18)5-6-17/h2-4,14H,5-11H2,1H3. The van der Waals surface area contributed by atoms with Crippen molar-refractivity contribution in [3.05, 3.63) is 29.6 Å². The number of nitrogens with zero attached hydrogens (tertiary/aromatic N) is 2. The van der Waals surface area contributed by atoms with E-state index in [2.05, 4.69) is 4.98 Å². The first kappa shape index (κ1) is 15.4. The zero-order valence-electron chi connectivity index (χ0n) is 13.3. The zero-order chi connectivity index (χ0) is 16.1. The predicted molar refractivity (Wildman–Crippen MR) is 87.0 cm³/mol. The van der Waals surface area contributed by atoms with E-state index in [0.717, 1.165) is 23.6 Å². The molecular weight excluding hydrogens is 315 g/mol. The number of amides is 1. The maximum Gasteiger partial charge on any atom is 0.260 e. The van der Waals surface area contributed by atoms with Gasteiger partial charge in [0.15, 0.2) is 5.67 Å². The lowest BCUT2D eigenvalue weighted by molar-refractivity contribution is -0.144. The fourth-order valence-electron chi connectivity index (χ4n) is 3.41. The Morgan fingerprint density at radius 2 is 2.26 bits per heavy atom. The fourth-order valence-corrected chi connectivity index (χ4v) is 4.96. The van der Waals surface area contributed by atoms with Crippen LogP contribution in [0, 0.1) is 6.92 Å². The van der Waals surface area contributed by atoms with Gasteiger partial charge in [-0.15, -0.1) is 11.8 Å².